The Hall–Kier alpha value is -3.16. The molecule has 122 valence electrons. The first kappa shape index (κ1) is 16.7. The van der Waals surface area contributed by atoms with Crippen LogP contribution in [0.4, 0.5) is 0 Å². The van der Waals surface area contributed by atoms with Crippen LogP contribution in [0.2, 0.25) is 0 Å². The summed E-state index contributed by atoms with van der Waals surface area (Å²) in [6.45, 7) is 0.496. The molecular weight excluding hydrogens is 330 g/mol. The number of hydrogen-bond acceptors (Lipinski definition) is 4. The van der Waals surface area contributed by atoms with E-state index in [0.29, 0.717) is 11.5 Å². The number of carbonyl (C=O) groups excluding carboxylic acids is 1. The molecule has 0 atom stereocenters. The largest absolute Gasteiger partial charge is 0.489 e. The van der Waals surface area contributed by atoms with Gasteiger partial charge in [-0.05, 0) is 40.8 Å². The number of benzene rings is 2. The molecule has 0 unspecified atom stereocenters. The Morgan fingerprint density at radius 3 is 2.44 bits per heavy atom. The van der Waals surface area contributed by atoms with Gasteiger partial charge >= 0.3 is 0 Å². The van der Waals surface area contributed by atoms with Crippen LogP contribution in [0, 0.1) is 11.3 Å². The van der Waals surface area contributed by atoms with Crippen LogP contribution in [-0.4, -0.2) is 5.78 Å². The quantitative estimate of drug-likeness (QED) is 0.354. The highest BCUT2D eigenvalue weighted by Crippen LogP contribution is 2.19. The molecule has 3 aromatic rings. The third-order valence-corrected chi connectivity index (χ3v) is 4.42. The molecule has 0 N–H and O–H groups in total. The fourth-order valence-electron chi connectivity index (χ4n) is 2.26. The zero-order valence-corrected chi connectivity index (χ0v) is 14.2. The number of Topliss-reactive ketones (excluding diaryl/α,β-unsaturated/α-hetero) is 1. The topological polar surface area (TPSA) is 50.1 Å². The van der Waals surface area contributed by atoms with Crippen LogP contribution >= 0.6 is 11.3 Å². The first-order valence-corrected chi connectivity index (χ1v) is 8.61. The third kappa shape index (κ3) is 4.43. The maximum atomic E-state index is 12.3. The van der Waals surface area contributed by atoms with Crippen molar-refractivity contribution in [1.29, 1.82) is 5.26 Å². The van der Waals surface area contributed by atoms with Crippen molar-refractivity contribution in [2.75, 3.05) is 0 Å². The fraction of sp³-hybridized carbons (Fsp3) is 0.0476. The zero-order valence-electron chi connectivity index (χ0n) is 13.4. The minimum absolute atomic E-state index is 0.125. The highest BCUT2D eigenvalue weighted by atomic mass is 32.1. The van der Waals surface area contributed by atoms with E-state index in [-0.39, 0.29) is 11.4 Å². The number of hydrogen-bond donors (Lipinski definition) is 0. The first-order valence-electron chi connectivity index (χ1n) is 7.73. The first-order chi connectivity index (χ1) is 12.3. The van der Waals surface area contributed by atoms with E-state index in [1.165, 1.54) is 11.3 Å². The van der Waals surface area contributed by atoms with Crippen molar-refractivity contribution in [3.05, 3.63) is 93.7 Å². The van der Waals surface area contributed by atoms with Crippen molar-refractivity contribution in [1.82, 2.24) is 0 Å². The van der Waals surface area contributed by atoms with Gasteiger partial charge < -0.3 is 4.74 Å². The number of rotatable bonds is 6. The Balaban J connectivity index is 1.69. The molecule has 1 heterocycles. The summed E-state index contributed by atoms with van der Waals surface area (Å²) in [5.74, 6) is 0.492. The van der Waals surface area contributed by atoms with Crippen molar-refractivity contribution >= 4 is 23.2 Å². The molecule has 0 bridgehead atoms. The molecule has 2 aromatic carbocycles. The van der Waals surface area contributed by atoms with Crippen LogP contribution in [0.3, 0.4) is 0 Å². The van der Waals surface area contributed by atoms with Gasteiger partial charge in [-0.1, -0.05) is 48.5 Å². The van der Waals surface area contributed by atoms with Crippen LogP contribution in [0.25, 0.3) is 6.08 Å². The van der Waals surface area contributed by atoms with Crippen molar-refractivity contribution in [3.63, 3.8) is 0 Å². The van der Waals surface area contributed by atoms with Gasteiger partial charge in [0.15, 0.2) is 0 Å². The Labute approximate surface area is 150 Å². The molecule has 0 saturated heterocycles. The van der Waals surface area contributed by atoms with E-state index < -0.39 is 0 Å². The zero-order chi connectivity index (χ0) is 17.5. The molecule has 0 aliphatic heterocycles. The summed E-state index contributed by atoms with van der Waals surface area (Å²) in [6.07, 6.45) is 1.60. The molecule has 0 fully saturated rings. The smallest absolute Gasteiger partial charge is 0.213 e. The average Bonchev–Trinajstić information content (AvgIpc) is 3.20. The maximum Gasteiger partial charge on any atom is 0.213 e. The van der Waals surface area contributed by atoms with Gasteiger partial charge in [-0.2, -0.15) is 5.26 Å². The predicted molar refractivity (Wildman–Crippen MR) is 99.5 cm³/mol. The van der Waals surface area contributed by atoms with Crippen LogP contribution in [-0.2, 0) is 6.61 Å². The van der Waals surface area contributed by atoms with Crippen LogP contribution in [0.5, 0.6) is 5.75 Å². The van der Waals surface area contributed by atoms with E-state index in [2.05, 4.69) is 0 Å². The fourth-order valence-corrected chi connectivity index (χ4v) is 2.93. The van der Waals surface area contributed by atoms with Gasteiger partial charge in [-0.25, -0.2) is 0 Å². The number of nitrogens with zero attached hydrogens (tertiary/aromatic N) is 1. The number of nitriles is 1. The van der Waals surface area contributed by atoms with Gasteiger partial charge in [-0.15, -0.1) is 11.3 Å². The molecule has 0 spiro atoms. The summed E-state index contributed by atoms with van der Waals surface area (Å²) in [5, 5.41) is 11.1. The van der Waals surface area contributed by atoms with Crippen LogP contribution < -0.4 is 4.74 Å². The van der Waals surface area contributed by atoms with Gasteiger partial charge in [0, 0.05) is 0 Å². The second kappa shape index (κ2) is 8.09. The lowest BCUT2D eigenvalue weighted by Gasteiger charge is -2.06. The Bertz CT molecular complexity index is 905. The van der Waals surface area contributed by atoms with E-state index in [1.807, 2.05) is 66.0 Å². The van der Waals surface area contributed by atoms with Crippen LogP contribution in [0.1, 0.15) is 20.8 Å². The summed E-state index contributed by atoms with van der Waals surface area (Å²) in [7, 11) is 0. The number of allylic oxidation sites excluding steroid dienone is 1. The van der Waals surface area contributed by atoms with Crippen molar-refractivity contribution in [2.24, 2.45) is 0 Å². The molecule has 0 aliphatic carbocycles. The van der Waals surface area contributed by atoms with E-state index in [0.717, 1.165) is 16.9 Å². The second-order valence-corrected chi connectivity index (χ2v) is 6.27. The lowest BCUT2D eigenvalue weighted by molar-refractivity contribution is 0.104. The molecule has 25 heavy (non-hydrogen) atoms. The molecule has 1 aromatic heterocycles. The molecule has 0 radical (unpaired) electrons. The number of thiophene rings is 1. The SMILES string of the molecule is N#C/C(=C\c1ccc(OCc2ccccc2)cc1)C(=O)c1cccs1. The van der Waals surface area contributed by atoms with Gasteiger partial charge in [0.05, 0.1) is 4.88 Å². The predicted octanol–water partition coefficient (Wildman–Crippen LogP) is 5.12. The average molecular weight is 345 g/mol. The summed E-state index contributed by atoms with van der Waals surface area (Å²) >= 11 is 1.33. The molecule has 0 aliphatic rings. The minimum atomic E-state index is -0.248. The monoisotopic (exact) mass is 345 g/mol. The number of ketones is 1. The van der Waals surface area contributed by atoms with Gasteiger partial charge in [0.1, 0.15) is 24.0 Å². The summed E-state index contributed by atoms with van der Waals surface area (Å²) in [5.41, 5.74) is 2.01. The van der Waals surface area contributed by atoms with E-state index in [4.69, 9.17) is 4.74 Å². The number of carbonyl (C=O) groups is 1. The molecule has 0 saturated carbocycles. The Morgan fingerprint density at radius 2 is 1.80 bits per heavy atom. The molecular formula is C21H15NO2S. The molecule has 3 rings (SSSR count). The lowest BCUT2D eigenvalue weighted by Crippen LogP contribution is -1.99. The highest BCUT2D eigenvalue weighted by molar-refractivity contribution is 7.12. The van der Waals surface area contributed by atoms with Crippen molar-refractivity contribution in [3.8, 4) is 11.8 Å². The Morgan fingerprint density at radius 1 is 1.04 bits per heavy atom. The van der Waals surface area contributed by atoms with Crippen molar-refractivity contribution in [2.45, 2.75) is 6.61 Å². The summed E-state index contributed by atoms with van der Waals surface area (Å²) in [4.78, 5) is 12.8. The van der Waals surface area contributed by atoms with Gasteiger partial charge in [-0.3, -0.25) is 4.79 Å². The Kier molecular flexibility index (Phi) is 5.40. The summed E-state index contributed by atoms with van der Waals surface area (Å²) < 4.78 is 5.73. The highest BCUT2D eigenvalue weighted by Gasteiger charge is 2.12. The van der Waals surface area contributed by atoms with Gasteiger partial charge in [0.2, 0.25) is 5.78 Å². The van der Waals surface area contributed by atoms with E-state index in [1.54, 1.807) is 18.2 Å². The van der Waals surface area contributed by atoms with Gasteiger partial charge in [0.25, 0.3) is 0 Å². The maximum absolute atomic E-state index is 12.3. The standard InChI is InChI=1S/C21H15NO2S/c22-14-18(21(23)20-7-4-12-25-20)13-16-8-10-19(11-9-16)24-15-17-5-2-1-3-6-17/h1-13H,15H2/b18-13+. The molecule has 0 amide bonds. The van der Waals surface area contributed by atoms with Crippen LogP contribution in [0.15, 0.2) is 77.7 Å². The molecule has 4 heteroatoms. The summed E-state index contributed by atoms with van der Waals surface area (Å²) in [6, 6.07) is 22.8. The second-order valence-electron chi connectivity index (χ2n) is 5.32. The lowest BCUT2D eigenvalue weighted by atomic mass is 10.1. The molecule has 3 nitrogen and oxygen atoms in total. The van der Waals surface area contributed by atoms with Crippen molar-refractivity contribution < 1.29 is 9.53 Å². The van der Waals surface area contributed by atoms with E-state index >= 15 is 0 Å². The normalized spacial score (nSPS) is 10.9. The third-order valence-electron chi connectivity index (χ3n) is 3.55. The number of ether oxygens (including phenoxy) is 1. The minimum Gasteiger partial charge on any atom is -0.489 e. The van der Waals surface area contributed by atoms with E-state index in [9.17, 15) is 10.1 Å².